The summed E-state index contributed by atoms with van der Waals surface area (Å²) in [5.74, 6) is -0.142. The predicted molar refractivity (Wildman–Crippen MR) is 110 cm³/mol. The molecule has 6 heteroatoms. The van der Waals surface area contributed by atoms with Gasteiger partial charge in [0.25, 0.3) is 11.8 Å². The molecule has 1 aliphatic rings. The molecule has 3 rings (SSSR count). The van der Waals surface area contributed by atoms with Gasteiger partial charge in [-0.05, 0) is 41.7 Å². The van der Waals surface area contributed by atoms with Crippen LogP contribution in [-0.2, 0) is 0 Å². The maximum Gasteiger partial charge on any atom is 0.323 e. The second kappa shape index (κ2) is 7.84. The molecule has 0 aliphatic carbocycles. The van der Waals surface area contributed by atoms with Gasteiger partial charge in [0.1, 0.15) is 0 Å². The monoisotopic (exact) mass is 379 g/mol. The van der Waals surface area contributed by atoms with Crippen LogP contribution in [0.1, 0.15) is 59.9 Å². The molecular weight excluding hydrogens is 354 g/mol. The molecule has 146 valence electrons. The third kappa shape index (κ3) is 3.91. The fraction of sp³-hybridized carbons (Fsp3) is 0.318. The number of urea groups is 1. The van der Waals surface area contributed by atoms with Gasteiger partial charge >= 0.3 is 6.03 Å². The van der Waals surface area contributed by atoms with E-state index < -0.39 is 6.03 Å². The summed E-state index contributed by atoms with van der Waals surface area (Å²) in [4.78, 5) is 38.7. The Balaban J connectivity index is 1.76. The van der Waals surface area contributed by atoms with Crippen LogP contribution in [0.25, 0.3) is 0 Å². The highest BCUT2D eigenvalue weighted by atomic mass is 16.2. The summed E-state index contributed by atoms with van der Waals surface area (Å²) < 4.78 is 0. The zero-order valence-electron chi connectivity index (χ0n) is 16.6. The van der Waals surface area contributed by atoms with Gasteiger partial charge in [0.2, 0.25) is 0 Å². The van der Waals surface area contributed by atoms with E-state index in [1.165, 1.54) is 4.90 Å². The molecule has 2 N–H and O–H groups in total. The van der Waals surface area contributed by atoms with E-state index in [-0.39, 0.29) is 23.7 Å². The number of nitrogens with zero attached hydrogens (tertiary/aromatic N) is 1. The predicted octanol–water partition coefficient (Wildman–Crippen LogP) is 4.71. The van der Waals surface area contributed by atoms with Crippen molar-refractivity contribution < 1.29 is 14.4 Å². The van der Waals surface area contributed by atoms with Gasteiger partial charge in [-0.15, -0.1) is 0 Å². The molecule has 28 heavy (non-hydrogen) atoms. The first-order chi connectivity index (χ1) is 13.3. The molecule has 0 saturated heterocycles. The molecule has 0 aromatic heterocycles. The lowest BCUT2D eigenvalue weighted by molar-refractivity contribution is 0.0636. The van der Waals surface area contributed by atoms with Gasteiger partial charge in [-0.3, -0.25) is 14.5 Å². The van der Waals surface area contributed by atoms with Gasteiger partial charge in [0, 0.05) is 17.9 Å². The quantitative estimate of drug-likeness (QED) is 0.739. The standard InChI is InChI=1S/C22H25N3O3/c1-13(2)12-25-20(26)17-10-9-15(11-18(17)21(25)27)23-22(28)24-19-8-6-5-7-16(19)14(3)4/h5-11,13-14H,12H2,1-4H3,(H2,23,24,28). The number of para-hydroxylation sites is 1. The summed E-state index contributed by atoms with van der Waals surface area (Å²) in [6.07, 6.45) is 0. The number of benzene rings is 2. The first-order valence-corrected chi connectivity index (χ1v) is 9.45. The van der Waals surface area contributed by atoms with Crippen molar-refractivity contribution in [3.05, 3.63) is 59.2 Å². The summed E-state index contributed by atoms with van der Waals surface area (Å²) in [6.45, 7) is 8.40. The normalized spacial score (nSPS) is 13.3. The van der Waals surface area contributed by atoms with Crippen LogP contribution in [0, 0.1) is 5.92 Å². The molecule has 4 amide bonds. The molecule has 0 fully saturated rings. The number of anilines is 2. The molecule has 2 aromatic rings. The van der Waals surface area contributed by atoms with Crippen LogP contribution in [0.2, 0.25) is 0 Å². The van der Waals surface area contributed by atoms with E-state index in [1.54, 1.807) is 18.2 Å². The van der Waals surface area contributed by atoms with E-state index in [2.05, 4.69) is 24.5 Å². The van der Waals surface area contributed by atoms with Gasteiger partial charge in [0.15, 0.2) is 0 Å². The lowest BCUT2D eigenvalue weighted by Crippen LogP contribution is -2.33. The Labute approximate surface area is 164 Å². The van der Waals surface area contributed by atoms with E-state index in [4.69, 9.17) is 0 Å². The number of rotatable bonds is 5. The van der Waals surface area contributed by atoms with E-state index in [0.29, 0.717) is 23.4 Å². The van der Waals surface area contributed by atoms with Crippen LogP contribution < -0.4 is 10.6 Å². The average molecular weight is 379 g/mol. The molecule has 1 aliphatic heterocycles. The molecule has 0 unspecified atom stereocenters. The van der Waals surface area contributed by atoms with Crippen molar-refractivity contribution in [1.82, 2.24) is 4.90 Å². The van der Waals surface area contributed by atoms with Crippen molar-refractivity contribution in [3.8, 4) is 0 Å². The highest BCUT2D eigenvalue weighted by molar-refractivity contribution is 6.22. The summed E-state index contributed by atoms with van der Waals surface area (Å²) in [7, 11) is 0. The Kier molecular flexibility index (Phi) is 5.49. The zero-order valence-corrected chi connectivity index (χ0v) is 16.6. The minimum Gasteiger partial charge on any atom is -0.308 e. The molecule has 0 saturated carbocycles. The number of imide groups is 1. The summed E-state index contributed by atoms with van der Waals surface area (Å²) in [5, 5.41) is 5.60. The Morgan fingerprint density at radius 1 is 0.929 bits per heavy atom. The molecule has 0 radical (unpaired) electrons. The smallest absolute Gasteiger partial charge is 0.308 e. The van der Waals surface area contributed by atoms with E-state index in [9.17, 15) is 14.4 Å². The minimum absolute atomic E-state index is 0.187. The lowest BCUT2D eigenvalue weighted by Gasteiger charge is -2.15. The highest BCUT2D eigenvalue weighted by Crippen LogP contribution is 2.27. The van der Waals surface area contributed by atoms with Crippen molar-refractivity contribution in [3.63, 3.8) is 0 Å². The van der Waals surface area contributed by atoms with Crippen molar-refractivity contribution >= 4 is 29.2 Å². The maximum atomic E-state index is 12.6. The van der Waals surface area contributed by atoms with Gasteiger partial charge in [-0.25, -0.2) is 4.79 Å². The van der Waals surface area contributed by atoms with Crippen LogP contribution >= 0.6 is 0 Å². The van der Waals surface area contributed by atoms with Crippen LogP contribution in [0.15, 0.2) is 42.5 Å². The number of hydrogen-bond donors (Lipinski definition) is 2. The third-order valence-electron chi connectivity index (χ3n) is 4.61. The largest absolute Gasteiger partial charge is 0.323 e. The first kappa shape index (κ1) is 19.6. The molecular formula is C22H25N3O3. The topological polar surface area (TPSA) is 78.5 Å². The summed E-state index contributed by atoms with van der Waals surface area (Å²) >= 11 is 0. The van der Waals surface area contributed by atoms with Gasteiger partial charge < -0.3 is 10.6 Å². The van der Waals surface area contributed by atoms with Crippen LogP contribution in [0.4, 0.5) is 16.2 Å². The molecule has 2 aromatic carbocycles. The van der Waals surface area contributed by atoms with Crippen LogP contribution in [0.5, 0.6) is 0 Å². The number of nitrogens with one attached hydrogen (secondary N) is 2. The Hall–Kier alpha value is -3.15. The van der Waals surface area contributed by atoms with Crippen LogP contribution in [-0.4, -0.2) is 29.3 Å². The van der Waals surface area contributed by atoms with Crippen LogP contribution in [0.3, 0.4) is 0 Å². The second-order valence-corrected chi connectivity index (χ2v) is 7.70. The van der Waals surface area contributed by atoms with E-state index >= 15 is 0 Å². The lowest BCUT2D eigenvalue weighted by atomic mass is 10.0. The molecule has 6 nitrogen and oxygen atoms in total. The maximum absolute atomic E-state index is 12.6. The second-order valence-electron chi connectivity index (χ2n) is 7.70. The van der Waals surface area contributed by atoms with Gasteiger partial charge in [-0.1, -0.05) is 45.9 Å². The van der Waals surface area contributed by atoms with E-state index in [1.807, 2.05) is 38.1 Å². The Morgan fingerprint density at radius 3 is 2.29 bits per heavy atom. The fourth-order valence-corrected chi connectivity index (χ4v) is 3.30. The fourth-order valence-electron chi connectivity index (χ4n) is 3.30. The summed E-state index contributed by atoms with van der Waals surface area (Å²) in [5.41, 5.74) is 2.95. The summed E-state index contributed by atoms with van der Waals surface area (Å²) in [6, 6.07) is 12.0. The Bertz CT molecular complexity index is 934. The minimum atomic E-state index is -0.399. The average Bonchev–Trinajstić information content (AvgIpc) is 2.86. The number of carbonyl (C=O) groups excluding carboxylic acids is 3. The van der Waals surface area contributed by atoms with Crippen molar-refractivity contribution in [1.29, 1.82) is 0 Å². The number of fused-ring (bicyclic) bond motifs is 1. The zero-order chi connectivity index (χ0) is 20.4. The number of hydrogen-bond acceptors (Lipinski definition) is 3. The van der Waals surface area contributed by atoms with Gasteiger partial charge in [-0.2, -0.15) is 0 Å². The van der Waals surface area contributed by atoms with Crippen molar-refractivity contribution in [2.24, 2.45) is 5.92 Å². The van der Waals surface area contributed by atoms with Gasteiger partial charge in [0.05, 0.1) is 11.1 Å². The first-order valence-electron chi connectivity index (χ1n) is 9.45. The molecule has 1 heterocycles. The van der Waals surface area contributed by atoms with E-state index in [0.717, 1.165) is 11.3 Å². The highest BCUT2D eigenvalue weighted by Gasteiger charge is 2.35. The molecule has 0 atom stereocenters. The Morgan fingerprint density at radius 2 is 1.61 bits per heavy atom. The van der Waals surface area contributed by atoms with Crippen molar-refractivity contribution in [2.45, 2.75) is 33.6 Å². The SMILES string of the molecule is CC(C)CN1C(=O)c2ccc(NC(=O)Nc3ccccc3C(C)C)cc2C1=O. The molecule has 0 bridgehead atoms. The number of amides is 4. The van der Waals surface area contributed by atoms with Crippen molar-refractivity contribution in [2.75, 3.05) is 17.2 Å². The molecule has 0 spiro atoms. The number of carbonyl (C=O) groups is 3. The third-order valence-corrected chi connectivity index (χ3v) is 4.61.